The van der Waals surface area contributed by atoms with Crippen molar-refractivity contribution >= 4 is 66.4 Å². The number of halogens is 3. The molecule has 1 unspecified atom stereocenters. The molecule has 0 amide bonds. The predicted molar refractivity (Wildman–Crippen MR) is 161 cm³/mol. The largest absolute Gasteiger partial charge is 0.296 e. The van der Waals surface area contributed by atoms with E-state index in [1.54, 1.807) is 36.4 Å². The minimum Gasteiger partial charge on any atom is -0.296 e. The third-order valence-corrected chi connectivity index (χ3v) is 8.49. The Bertz CT molecular complexity index is 1670. The van der Waals surface area contributed by atoms with Crippen LogP contribution in [-0.2, 0) is 10.0 Å². The van der Waals surface area contributed by atoms with Crippen LogP contribution >= 0.6 is 39.1 Å². The first-order chi connectivity index (χ1) is 18.7. The van der Waals surface area contributed by atoms with Gasteiger partial charge in [0, 0.05) is 26.0 Å². The molecule has 6 nitrogen and oxygen atoms in total. The molecule has 4 aromatic carbocycles. The average molecular weight is 640 g/mol. The van der Waals surface area contributed by atoms with Crippen molar-refractivity contribution in [3.8, 4) is 0 Å². The van der Waals surface area contributed by atoms with E-state index in [0.29, 0.717) is 15.6 Å². The van der Waals surface area contributed by atoms with Crippen LogP contribution in [-0.4, -0.2) is 37.2 Å². The fourth-order valence-corrected chi connectivity index (χ4v) is 5.72. The van der Waals surface area contributed by atoms with Gasteiger partial charge in [-0.2, -0.15) is 13.5 Å². The molecule has 1 heterocycles. The van der Waals surface area contributed by atoms with Crippen molar-refractivity contribution in [3.63, 3.8) is 0 Å². The van der Waals surface area contributed by atoms with Gasteiger partial charge < -0.3 is 0 Å². The van der Waals surface area contributed by atoms with E-state index in [1.165, 1.54) is 29.3 Å². The van der Waals surface area contributed by atoms with Crippen molar-refractivity contribution in [2.75, 3.05) is 6.54 Å². The first kappa shape index (κ1) is 27.3. The Kier molecular flexibility index (Phi) is 8.00. The third-order valence-electron chi connectivity index (χ3n) is 6.18. The molecule has 0 spiro atoms. The van der Waals surface area contributed by atoms with Crippen LogP contribution in [0.5, 0.6) is 0 Å². The molecule has 0 fully saturated rings. The van der Waals surface area contributed by atoms with Crippen molar-refractivity contribution in [1.29, 1.82) is 5.41 Å². The molecular weight excluding hydrogens is 619 g/mol. The van der Waals surface area contributed by atoms with Gasteiger partial charge in [-0.25, -0.2) is 5.01 Å². The summed E-state index contributed by atoms with van der Waals surface area (Å²) in [6.07, 6.45) is 0. The summed E-state index contributed by atoms with van der Waals surface area (Å²) in [4.78, 5) is -0.0336. The van der Waals surface area contributed by atoms with Crippen LogP contribution in [0.25, 0.3) is 0 Å². The maximum absolute atomic E-state index is 13.4. The van der Waals surface area contributed by atoms with Crippen molar-refractivity contribution in [1.82, 2.24) is 5.01 Å². The minimum absolute atomic E-state index is 0.0336. The molecule has 0 saturated carbocycles. The Labute approximate surface area is 245 Å². The molecule has 0 radical (unpaired) electrons. The lowest BCUT2D eigenvalue weighted by Crippen LogP contribution is -2.33. The van der Waals surface area contributed by atoms with E-state index >= 15 is 0 Å². The Hall–Kier alpha value is -3.30. The van der Waals surface area contributed by atoms with Gasteiger partial charge in [0.25, 0.3) is 10.0 Å². The molecule has 1 atom stereocenters. The molecule has 1 aliphatic heterocycles. The highest BCUT2D eigenvalue weighted by Crippen LogP contribution is 2.31. The predicted octanol–water partition coefficient (Wildman–Crippen LogP) is 7.41. The van der Waals surface area contributed by atoms with Crippen LogP contribution in [0.3, 0.4) is 0 Å². The van der Waals surface area contributed by atoms with Crippen LogP contribution in [0.15, 0.2) is 122 Å². The van der Waals surface area contributed by atoms with Gasteiger partial charge in [-0.15, -0.1) is 4.40 Å². The molecule has 5 rings (SSSR count). The van der Waals surface area contributed by atoms with Crippen LogP contribution in [0.4, 0.5) is 0 Å². The third kappa shape index (κ3) is 6.15. The van der Waals surface area contributed by atoms with Gasteiger partial charge in [0.2, 0.25) is 0 Å². The number of hydrazone groups is 1. The molecule has 39 heavy (non-hydrogen) atoms. The highest BCUT2D eigenvalue weighted by molar-refractivity contribution is 9.10. The molecule has 1 aliphatic rings. The van der Waals surface area contributed by atoms with Gasteiger partial charge >= 0.3 is 0 Å². The Balaban J connectivity index is 1.64. The van der Waals surface area contributed by atoms with Crippen molar-refractivity contribution in [2.24, 2.45) is 9.50 Å². The maximum atomic E-state index is 13.4. The van der Waals surface area contributed by atoms with Crippen molar-refractivity contribution in [3.05, 3.63) is 134 Å². The molecule has 0 saturated heterocycles. The minimum atomic E-state index is -4.19. The monoisotopic (exact) mass is 638 g/mol. The SMILES string of the molecule is N=C(/C(=N\S(=O)(=O)c1ccc(Cl)cc1)N1CC(c2ccccc2)C(c2ccc(Cl)cc2)=N1)c1ccc(Br)cc1. The van der Waals surface area contributed by atoms with Crippen molar-refractivity contribution < 1.29 is 8.42 Å². The fraction of sp³-hybridized carbons (Fsp3) is 0.0690. The van der Waals surface area contributed by atoms with Gasteiger partial charge in [-0.1, -0.05) is 93.7 Å². The number of rotatable bonds is 6. The highest BCUT2D eigenvalue weighted by atomic mass is 79.9. The summed E-state index contributed by atoms with van der Waals surface area (Å²) >= 11 is 15.5. The second kappa shape index (κ2) is 11.4. The van der Waals surface area contributed by atoms with Crippen LogP contribution < -0.4 is 0 Å². The van der Waals surface area contributed by atoms with Gasteiger partial charge in [-0.05, 0) is 59.7 Å². The van der Waals surface area contributed by atoms with Crippen molar-refractivity contribution in [2.45, 2.75) is 10.8 Å². The summed E-state index contributed by atoms with van der Waals surface area (Å²) in [7, 11) is -4.19. The number of sulfonamides is 1. The first-order valence-electron chi connectivity index (χ1n) is 11.8. The zero-order valence-corrected chi connectivity index (χ0v) is 24.2. The lowest BCUT2D eigenvalue weighted by atomic mass is 9.90. The number of benzene rings is 4. The lowest BCUT2D eigenvalue weighted by Gasteiger charge is -2.19. The maximum Gasteiger partial charge on any atom is 0.284 e. The fourth-order valence-electron chi connectivity index (χ4n) is 4.20. The van der Waals surface area contributed by atoms with Gasteiger partial charge in [0.1, 0.15) is 5.71 Å². The van der Waals surface area contributed by atoms with Crippen LogP contribution in [0, 0.1) is 5.41 Å². The molecule has 1 N–H and O–H groups in total. The van der Waals surface area contributed by atoms with E-state index in [-0.39, 0.29) is 28.9 Å². The number of hydrogen-bond donors (Lipinski definition) is 1. The summed E-state index contributed by atoms with van der Waals surface area (Å²) < 4.78 is 31.8. The van der Waals surface area contributed by atoms with Gasteiger partial charge in [-0.3, -0.25) is 5.41 Å². The second-order valence-corrected chi connectivity index (χ2v) is 12.2. The molecular formula is C29H21BrCl2N4O2S. The second-order valence-electron chi connectivity index (χ2n) is 8.76. The van der Waals surface area contributed by atoms with E-state index in [9.17, 15) is 8.42 Å². The van der Waals surface area contributed by atoms with Crippen LogP contribution in [0.2, 0.25) is 10.0 Å². The molecule has 0 bridgehead atoms. The molecule has 4 aromatic rings. The van der Waals surface area contributed by atoms with Gasteiger partial charge in [0.05, 0.1) is 17.2 Å². The number of amidine groups is 1. The van der Waals surface area contributed by atoms with E-state index < -0.39 is 10.0 Å². The summed E-state index contributed by atoms with van der Waals surface area (Å²) in [5, 5.41) is 16.4. The van der Waals surface area contributed by atoms with Gasteiger partial charge in [0.15, 0.2) is 5.84 Å². The summed E-state index contributed by atoms with van der Waals surface area (Å²) in [6, 6.07) is 29.9. The van der Waals surface area contributed by atoms with E-state index in [0.717, 1.165) is 21.3 Å². The topological polar surface area (TPSA) is 85.9 Å². The Morgan fingerprint density at radius 1 is 0.872 bits per heavy atom. The molecule has 0 aliphatic carbocycles. The summed E-state index contributed by atoms with van der Waals surface area (Å²) in [6.45, 7) is 0.288. The number of nitrogens with zero attached hydrogens (tertiary/aromatic N) is 3. The lowest BCUT2D eigenvalue weighted by molar-refractivity contribution is 0.480. The zero-order chi connectivity index (χ0) is 27.6. The highest BCUT2D eigenvalue weighted by Gasteiger charge is 2.34. The smallest absolute Gasteiger partial charge is 0.284 e. The quantitative estimate of drug-likeness (QED) is 0.176. The van der Waals surface area contributed by atoms with E-state index in [4.69, 9.17) is 33.7 Å². The Morgan fingerprint density at radius 3 is 2.08 bits per heavy atom. The first-order valence-corrected chi connectivity index (χ1v) is 14.8. The normalized spacial score (nSPS) is 15.8. The molecule has 196 valence electrons. The average Bonchev–Trinajstić information content (AvgIpc) is 3.38. The summed E-state index contributed by atoms with van der Waals surface area (Å²) in [5.41, 5.74) is 2.98. The number of hydrogen-bond acceptors (Lipinski definition) is 4. The number of nitrogens with one attached hydrogen (secondary N) is 1. The molecule has 10 heteroatoms. The van der Waals surface area contributed by atoms with E-state index in [1.807, 2.05) is 42.5 Å². The van der Waals surface area contributed by atoms with E-state index in [2.05, 4.69) is 20.3 Å². The summed E-state index contributed by atoms with van der Waals surface area (Å²) in [5.74, 6) is -0.286. The standard InChI is InChI=1S/C29H21BrCl2N4O2S/c30-22-10-6-20(7-11-22)27(33)29(35-39(37,38)25-16-14-24(32)15-17-25)36-18-26(19-4-2-1-3-5-19)28(34-36)21-8-12-23(31)13-9-21/h1-17,26,33H,18H2/b33-27?,35-29+. The molecule has 0 aromatic heterocycles. The van der Waals surface area contributed by atoms with Crippen LogP contribution in [0.1, 0.15) is 22.6 Å². The Morgan fingerprint density at radius 2 is 1.46 bits per heavy atom. The zero-order valence-electron chi connectivity index (χ0n) is 20.3.